The van der Waals surface area contributed by atoms with Crippen LogP contribution in [0.1, 0.15) is 10.4 Å². The van der Waals surface area contributed by atoms with E-state index in [0.717, 1.165) is 11.8 Å². The summed E-state index contributed by atoms with van der Waals surface area (Å²) in [5.41, 5.74) is 5.16. The van der Waals surface area contributed by atoms with Gasteiger partial charge in [-0.05, 0) is 29.8 Å². The van der Waals surface area contributed by atoms with Crippen LogP contribution in [0.4, 0.5) is 5.69 Å². The summed E-state index contributed by atoms with van der Waals surface area (Å²) < 4.78 is 23.3. The van der Waals surface area contributed by atoms with E-state index in [4.69, 9.17) is 0 Å². The number of carboxylic acid groups (broad SMARTS) is 1. The summed E-state index contributed by atoms with van der Waals surface area (Å²) in [4.78, 5) is 16.8. The summed E-state index contributed by atoms with van der Waals surface area (Å²) in [6.45, 7) is 0. The Morgan fingerprint density at radius 1 is 1.00 bits per heavy atom. The first-order valence-corrected chi connectivity index (χ1v) is 12.2. The number of anilines is 1. The second-order valence-corrected chi connectivity index (χ2v) is 9.92. The molecule has 0 radical (unpaired) electrons. The quantitative estimate of drug-likeness (QED) is 0.378. The van der Waals surface area contributed by atoms with Crippen LogP contribution >= 0.6 is 11.3 Å². The molecule has 4 aromatic rings. The van der Waals surface area contributed by atoms with Crippen LogP contribution in [0.3, 0.4) is 0 Å². The van der Waals surface area contributed by atoms with Gasteiger partial charge in [0.15, 0.2) is 9.84 Å². The summed E-state index contributed by atoms with van der Waals surface area (Å²) in [5, 5.41) is 23.5. The van der Waals surface area contributed by atoms with Gasteiger partial charge in [-0.15, -0.1) is 11.3 Å². The molecule has 3 aromatic carbocycles. The maximum Gasteiger partial charge on any atom is 0.336 e. The molecule has 0 saturated heterocycles. The SMILES string of the molecule is CS(=O)(=O)c1ccc(-c2csc(-c3ccc(-c4ccccc4N[O-])c(C(=O)O)c3)n2)cc1. The van der Waals surface area contributed by atoms with Crippen LogP contribution in [0.15, 0.2) is 77.0 Å². The van der Waals surface area contributed by atoms with Crippen molar-refractivity contribution < 1.29 is 18.3 Å². The van der Waals surface area contributed by atoms with Gasteiger partial charge in [-0.2, -0.15) is 0 Å². The fourth-order valence-corrected chi connectivity index (χ4v) is 4.76. The van der Waals surface area contributed by atoms with Crippen molar-refractivity contribution >= 4 is 32.8 Å². The molecule has 1 aromatic heterocycles. The fourth-order valence-electron chi connectivity index (χ4n) is 3.31. The Balaban J connectivity index is 1.72. The molecule has 9 heteroatoms. The molecule has 4 rings (SSSR count). The number of hydrogen-bond acceptors (Lipinski definition) is 7. The van der Waals surface area contributed by atoms with E-state index < -0.39 is 15.8 Å². The summed E-state index contributed by atoms with van der Waals surface area (Å²) in [7, 11) is -3.28. The van der Waals surface area contributed by atoms with Gasteiger partial charge in [-0.1, -0.05) is 42.5 Å². The van der Waals surface area contributed by atoms with Crippen molar-refractivity contribution in [2.75, 3.05) is 11.7 Å². The van der Waals surface area contributed by atoms with Crippen LogP contribution in [0.2, 0.25) is 0 Å². The van der Waals surface area contributed by atoms with E-state index in [0.29, 0.717) is 27.4 Å². The minimum atomic E-state index is -3.28. The highest BCUT2D eigenvalue weighted by atomic mass is 32.2. The van der Waals surface area contributed by atoms with E-state index in [1.807, 2.05) is 10.9 Å². The van der Waals surface area contributed by atoms with Gasteiger partial charge in [0.05, 0.1) is 16.2 Å². The first-order chi connectivity index (χ1) is 15.3. The molecule has 0 fully saturated rings. The molecule has 0 atom stereocenters. The number of carbonyl (C=O) groups is 1. The average Bonchev–Trinajstić information content (AvgIpc) is 3.28. The van der Waals surface area contributed by atoms with Crippen LogP contribution < -0.4 is 5.48 Å². The summed E-state index contributed by atoms with van der Waals surface area (Å²) in [5.74, 6) is -1.12. The number of carboxylic acids is 1. The molecule has 0 saturated carbocycles. The van der Waals surface area contributed by atoms with Gasteiger partial charge < -0.3 is 15.8 Å². The monoisotopic (exact) mass is 465 g/mol. The molecule has 0 unspecified atom stereocenters. The standard InChI is InChI=1S/C23H17N2O5S2/c1-32(29,30)16-9-6-14(7-10-16)21-13-31-22(24-21)15-8-11-17(19(12-15)23(26)27)18-4-2-3-5-20(18)25-28/h2-13,25H,1H3,(H,26,27)/q-1. The number of nitrogens with one attached hydrogen (secondary N) is 1. The second-order valence-electron chi connectivity index (χ2n) is 7.05. The predicted octanol–water partition coefficient (Wildman–Crippen LogP) is 5.16. The van der Waals surface area contributed by atoms with Gasteiger partial charge in [0, 0.05) is 34.0 Å². The third-order valence-electron chi connectivity index (χ3n) is 4.91. The zero-order valence-electron chi connectivity index (χ0n) is 16.8. The number of aromatic nitrogens is 1. The van der Waals surface area contributed by atoms with Crippen molar-refractivity contribution in [3.8, 4) is 33.0 Å². The molecule has 0 bridgehead atoms. The van der Waals surface area contributed by atoms with Crippen LogP contribution in [-0.4, -0.2) is 30.7 Å². The van der Waals surface area contributed by atoms with Crippen LogP contribution in [0.5, 0.6) is 0 Å². The van der Waals surface area contributed by atoms with E-state index in [2.05, 4.69) is 4.98 Å². The lowest BCUT2D eigenvalue weighted by Crippen LogP contribution is -2.01. The Morgan fingerprint density at radius 2 is 1.69 bits per heavy atom. The van der Waals surface area contributed by atoms with Crippen LogP contribution in [0, 0.1) is 5.21 Å². The zero-order chi connectivity index (χ0) is 22.9. The molecule has 0 aliphatic heterocycles. The van der Waals surface area contributed by atoms with Gasteiger partial charge in [-0.3, -0.25) is 0 Å². The lowest BCUT2D eigenvalue weighted by Gasteiger charge is -2.16. The second kappa shape index (κ2) is 8.54. The molecule has 162 valence electrons. The van der Waals surface area contributed by atoms with Crippen molar-refractivity contribution in [1.29, 1.82) is 0 Å². The smallest absolute Gasteiger partial charge is 0.336 e. The molecule has 0 spiro atoms. The highest BCUT2D eigenvalue weighted by Gasteiger charge is 2.17. The van der Waals surface area contributed by atoms with E-state index in [9.17, 15) is 23.5 Å². The van der Waals surface area contributed by atoms with Gasteiger partial charge in [-0.25, -0.2) is 18.2 Å². The number of nitrogens with zero attached hydrogens (tertiary/aromatic N) is 1. The maximum absolute atomic E-state index is 12.0. The fraction of sp³-hybridized carbons (Fsp3) is 0.0435. The number of benzene rings is 3. The van der Waals surface area contributed by atoms with Gasteiger partial charge >= 0.3 is 5.97 Å². The number of sulfone groups is 1. The third kappa shape index (κ3) is 4.26. The molecular formula is C23H17N2O5S2-. The highest BCUT2D eigenvalue weighted by Crippen LogP contribution is 2.35. The molecule has 0 amide bonds. The molecule has 32 heavy (non-hydrogen) atoms. The van der Waals surface area contributed by atoms with Crippen molar-refractivity contribution in [2.45, 2.75) is 4.90 Å². The molecular weight excluding hydrogens is 448 g/mol. The Kier molecular flexibility index (Phi) is 5.79. The lowest BCUT2D eigenvalue weighted by atomic mass is 9.96. The first kappa shape index (κ1) is 21.7. The predicted molar refractivity (Wildman–Crippen MR) is 125 cm³/mol. The lowest BCUT2D eigenvalue weighted by molar-refractivity contribution is 0.0697. The van der Waals surface area contributed by atoms with E-state index in [1.54, 1.807) is 48.5 Å². The zero-order valence-corrected chi connectivity index (χ0v) is 18.4. The molecule has 2 N–H and O–H groups in total. The van der Waals surface area contributed by atoms with Crippen molar-refractivity contribution in [3.05, 3.63) is 82.9 Å². The topological polar surface area (TPSA) is 119 Å². The number of para-hydroxylation sites is 1. The van der Waals surface area contributed by atoms with Gasteiger partial charge in [0.1, 0.15) is 5.01 Å². The minimum absolute atomic E-state index is 0.0551. The van der Waals surface area contributed by atoms with E-state index in [-0.39, 0.29) is 16.1 Å². The van der Waals surface area contributed by atoms with Crippen molar-refractivity contribution in [1.82, 2.24) is 4.98 Å². The van der Waals surface area contributed by atoms with Crippen LogP contribution in [0.25, 0.3) is 33.0 Å². The maximum atomic E-state index is 12.0. The van der Waals surface area contributed by atoms with Gasteiger partial charge in [0.25, 0.3) is 0 Å². The number of aromatic carboxylic acids is 1. The number of hydrogen-bond donors (Lipinski definition) is 2. The largest absolute Gasteiger partial charge is 0.761 e. The molecule has 1 heterocycles. The van der Waals surface area contributed by atoms with Gasteiger partial charge in [0.2, 0.25) is 0 Å². The van der Waals surface area contributed by atoms with Crippen molar-refractivity contribution in [2.24, 2.45) is 0 Å². The highest BCUT2D eigenvalue weighted by molar-refractivity contribution is 7.90. The molecule has 0 aliphatic carbocycles. The molecule has 7 nitrogen and oxygen atoms in total. The summed E-state index contributed by atoms with van der Waals surface area (Å²) >= 11 is 1.35. The number of thiazole rings is 1. The summed E-state index contributed by atoms with van der Waals surface area (Å²) in [6.07, 6.45) is 1.15. The Bertz CT molecular complexity index is 1410. The minimum Gasteiger partial charge on any atom is -0.761 e. The van der Waals surface area contributed by atoms with E-state index in [1.165, 1.54) is 29.5 Å². The Labute approximate surface area is 188 Å². The van der Waals surface area contributed by atoms with Crippen molar-refractivity contribution in [3.63, 3.8) is 0 Å². The number of rotatable bonds is 6. The normalized spacial score (nSPS) is 11.3. The average molecular weight is 466 g/mol. The Hall–Kier alpha value is -3.53. The first-order valence-electron chi connectivity index (χ1n) is 9.39. The molecule has 0 aliphatic rings. The van der Waals surface area contributed by atoms with E-state index >= 15 is 0 Å². The summed E-state index contributed by atoms with van der Waals surface area (Å²) in [6, 6.07) is 18.1. The third-order valence-corrected chi connectivity index (χ3v) is 6.93. The van der Waals surface area contributed by atoms with Crippen LogP contribution in [-0.2, 0) is 9.84 Å². The Morgan fingerprint density at radius 3 is 2.34 bits per heavy atom.